The highest BCUT2D eigenvalue weighted by atomic mass is 32.1. The summed E-state index contributed by atoms with van der Waals surface area (Å²) in [5, 5.41) is 5.98. The van der Waals surface area contributed by atoms with Crippen LogP contribution in [0.15, 0.2) is 47.9 Å². The Bertz CT molecular complexity index is 1080. The minimum Gasteiger partial charge on any atom is -0.493 e. The molecule has 2 heterocycles. The number of aryl methyl sites for hydroxylation is 1. The lowest BCUT2D eigenvalue weighted by molar-refractivity contribution is 0.104. The number of methoxy groups -OCH3 is 2. The molecule has 5 nitrogen and oxygen atoms in total. The minimum atomic E-state index is -0.121. The highest BCUT2D eigenvalue weighted by molar-refractivity contribution is 7.13. The van der Waals surface area contributed by atoms with Gasteiger partial charge in [0.2, 0.25) is 5.78 Å². The quantitative estimate of drug-likeness (QED) is 0.499. The van der Waals surface area contributed by atoms with E-state index in [0.717, 1.165) is 40.4 Å². The van der Waals surface area contributed by atoms with E-state index in [0.29, 0.717) is 17.2 Å². The predicted octanol–water partition coefficient (Wildman–Crippen LogP) is 4.51. The van der Waals surface area contributed by atoms with Gasteiger partial charge in [-0.1, -0.05) is 29.8 Å². The first-order valence-electron chi connectivity index (χ1n) is 9.37. The zero-order valence-corrected chi connectivity index (χ0v) is 17.4. The molecule has 1 aromatic heterocycles. The Morgan fingerprint density at radius 3 is 2.59 bits per heavy atom. The highest BCUT2D eigenvalue weighted by Gasteiger charge is 2.20. The zero-order valence-electron chi connectivity index (χ0n) is 16.6. The van der Waals surface area contributed by atoms with E-state index < -0.39 is 0 Å². The van der Waals surface area contributed by atoms with Crippen molar-refractivity contribution in [3.8, 4) is 22.1 Å². The summed E-state index contributed by atoms with van der Waals surface area (Å²) in [6.45, 7) is 2.81. The molecule has 1 aliphatic rings. The number of nitrogens with one attached hydrogen (secondary N) is 1. The number of aromatic nitrogens is 1. The molecule has 4 rings (SSSR count). The van der Waals surface area contributed by atoms with E-state index in [-0.39, 0.29) is 5.78 Å². The van der Waals surface area contributed by atoms with Gasteiger partial charge in [-0.3, -0.25) is 4.79 Å². The number of benzene rings is 2. The first-order valence-corrected chi connectivity index (χ1v) is 10.2. The number of allylic oxidation sites excluding steroid dienone is 1. The van der Waals surface area contributed by atoms with Crippen molar-refractivity contribution >= 4 is 22.8 Å². The second kappa shape index (κ2) is 8.09. The summed E-state index contributed by atoms with van der Waals surface area (Å²) in [5.41, 5.74) is 5.52. The van der Waals surface area contributed by atoms with Crippen LogP contribution in [0.3, 0.4) is 0 Å². The molecule has 29 heavy (non-hydrogen) atoms. The summed E-state index contributed by atoms with van der Waals surface area (Å²) >= 11 is 1.48. The van der Waals surface area contributed by atoms with E-state index in [1.165, 1.54) is 16.9 Å². The number of rotatable bonds is 5. The fraction of sp³-hybridized carbons (Fsp3) is 0.217. The van der Waals surface area contributed by atoms with Crippen molar-refractivity contribution in [3.05, 3.63) is 70.2 Å². The summed E-state index contributed by atoms with van der Waals surface area (Å²) in [4.78, 5) is 17.4. The standard InChI is InChI=1S/C23H22N2O3S/c1-14-4-6-15(7-5-14)23-25-19(13-29-23)20(26)12-18-17-11-22(28-3)21(27-2)10-16(17)8-9-24-18/h4-7,10-13,24H,8-9H2,1-3H3/b18-12-. The molecule has 3 aromatic rings. The molecule has 6 heteroatoms. The maximum Gasteiger partial charge on any atom is 0.207 e. The van der Waals surface area contributed by atoms with Crippen LogP contribution in [0.2, 0.25) is 0 Å². The Morgan fingerprint density at radius 2 is 1.86 bits per heavy atom. The van der Waals surface area contributed by atoms with E-state index in [1.807, 2.05) is 48.7 Å². The molecule has 2 aromatic carbocycles. The van der Waals surface area contributed by atoms with E-state index in [1.54, 1.807) is 20.3 Å². The van der Waals surface area contributed by atoms with Crippen molar-refractivity contribution < 1.29 is 14.3 Å². The van der Waals surface area contributed by atoms with Gasteiger partial charge in [-0.2, -0.15) is 0 Å². The molecule has 0 fully saturated rings. The average molecular weight is 407 g/mol. The topological polar surface area (TPSA) is 60.5 Å². The molecule has 1 aliphatic heterocycles. The second-order valence-corrected chi connectivity index (χ2v) is 7.73. The van der Waals surface area contributed by atoms with Gasteiger partial charge >= 0.3 is 0 Å². The smallest absolute Gasteiger partial charge is 0.207 e. The number of nitrogens with zero attached hydrogens (tertiary/aromatic N) is 1. The maximum atomic E-state index is 12.9. The van der Waals surface area contributed by atoms with Gasteiger partial charge in [0.15, 0.2) is 11.5 Å². The Morgan fingerprint density at radius 1 is 1.14 bits per heavy atom. The van der Waals surface area contributed by atoms with E-state index in [2.05, 4.69) is 10.3 Å². The Labute approximate surface area is 174 Å². The SMILES string of the molecule is COc1cc2c(cc1OC)/C(=C/C(=O)c1csc(-c3ccc(C)cc3)n1)NCC2. The summed E-state index contributed by atoms with van der Waals surface area (Å²) < 4.78 is 10.8. The molecule has 0 atom stereocenters. The maximum absolute atomic E-state index is 12.9. The van der Waals surface area contributed by atoms with E-state index in [4.69, 9.17) is 9.47 Å². The molecule has 0 radical (unpaired) electrons. The minimum absolute atomic E-state index is 0.121. The van der Waals surface area contributed by atoms with Crippen LogP contribution in [-0.4, -0.2) is 31.5 Å². The monoisotopic (exact) mass is 406 g/mol. The molecule has 0 bridgehead atoms. The van der Waals surface area contributed by atoms with Crippen LogP contribution >= 0.6 is 11.3 Å². The lowest BCUT2D eigenvalue weighted by Crippen LogP contribution is -2.23. The summed E-state index contributed by atoms with van der Waals surface area (Å²) in [6, 6.07) is 12.0. The Kier molecular flexibility index (Phi) is 5.36. The van der Waals surface area contributed by atoms with Crippen molar-refractivity contribution in [3.63, 3.8) is 0 Å². The molecule has 1 N–H and O–H groups in total. The number of ketones is 1. The first kappa shape index (κ1) is 19.2. The summed E-state index contributed by atoms with van der Waals surface area (Å²) in [6.07, 6.45) is 2.48. The van der Waals surface area contributed by atoms with Crippen molar-refractivity contribution in [2.45, 2.75) is 13.3 Å². The van der Waals surface area contributed by atoms with E-state index >= 15 is 0 Å². The molecule has 148 valence electrons. The van der Waals surface area contributed by atoms with Crippen LogP contribution in [0.5, 0.6) is 11.5 Å². The number of carbonyl (C=O) groups is 1. The number of thiazole rings is 1. The third-order valence-electron chi connectivity index (χ3n) is 4.94. The Hall–Kier alpha value is -3.12. The number of ether oxygens (including phenoxy) is 2. The second-order valence-electron chi connectivity index (χ2n) is 6.87. The fourth-order valence-corrected chi connectivity index (χ4v) is 4.17. The van der Waals surface area contributed by atoms with Crippen molar-refractivity contribution in [2.24, 2.45) is 0 Å². The molecular weight excluding hydrogens is 384 g/mol. The zero-order chi connectivity index (χ0) is 20.4. The van der Waals surface area contributed by atoms with Gasteiger partial charge < -0.3 is 14.8 Å². The van der Waals surface area contributed by atoms with Crippen LogP contribution in [0.4, 0.5) is 0 Å². The van der Waals surface area contributed by atoms with Gasteiger partial charge in [-0.05, 0) is 31.0 Å². The molecule has 0 aliphatic carbocycles. The van der Waals surface area contributed by atoms with Crippen molar-refractivity contribution in [1.29, 1.82) is 0 Å². The lowest BCUT2D eigenvalue weighted by atomic mass is 9.96. The van der Waals surface area contributed by atoms with Gasteiger partial charge in [-0.15, -0.1) is 11.3 Å². The van der Waals surface area contributed by atoms with Gasteiger partial charge in [0, 0.05) is 34.8 Å². The van der Waals surface area contributed by atoms with Gasteiger partial charge in [0.25, 0.3) is 0 Å². The van der Waals surface area contributed by atoms with Gasteiger partial charge in [0.1, 0.15) is 10.7 Å². The third kappa shape index (κ3) is 3.89. The van der Waals surface area contributed by atoms with Crippen molar-refractivity contribution in [1.82, 2.24) is 10.3 Å². The van der Waals surface area contributed by atoms with Crippen LogP contribution in [-0.2, 0) is 6.42 Å². The molecule has 0 saturated heterocycles. The predicted molar refractivity (Wildman–Crippen MR) is 116 cm³/mol. The number of hydrogen-bond donors (Lipinski definition) is 1. The van der Waals surface area contributed by atoms with Gasteiger partial charge in [-0.25, -0.2) is 4.98 Å². The average Bonchev–Trinajstić information content (AvgIpc) is 3.24. The number of fused-ring (bicyclic) bond motifs is 1. The molecule has 0 spiro atoms. The molecule has 0 saturated carbocycles. The normalized spacial score (nSPS) is 14.2. The van der Waals surface area contributed by atoms with Crippen molar-refractivity contribution in [2.75, 3.05) is 20.8 Å². The van der Waals surface area contributed by atoms with Gasteiger partial charge in [0.05, 0.1) is 14.2 Å². The third-order valence-corrected chi connectivity index (χ3v) is 5.83. The molecule has 0 amide bonds. The lowest BCUT2D eigenvalue weighted by Gasteiger charge is -2.23. The number of hydrogen-bond acceptors (Lipinski definition) is 6. The fourth-order valence-electron chi connectivity index (χ4n) is 3.36. The van der Waals surface area contributed by atoms with Crippen LogP contribution < -0.4 is 14.8 Å². The van der Waals surface area contributed by atoms with Crippen LogP contribution in [0.25, 0.3) is 16.3 Å². The number of carbonyl (C=O) groups excluding carboxylic acids is 1. The molecule has 0 unspecified atom stereocenters. The summed E-state index contributed by atoms with van der Waals surface area (Å²) in [7, 11) is 3.23. The highest BCUT2D eigenvalue weighted by Crippen LogP contribution is 2.35. The Balaban J connectivity index is 1.64. The van der Waals surface area contributed by atoms with Crippen LogP contribution in [0.1, 0.15) is 27.2 Å². The van der Waals surface area contributed by atoms with Crippen LogP contribution in [0, 0.1) is 6.92 Å². The van der Waals surface area contributed by atoms with E-state index in [9.17, 15) is 4.79 Å². The summed E-state index contributed by atoms with van der Waals surface area (Å²) in [5.74, 6) is 1.22. The molecular formula is C23H22N2O3S. The largest absolute Gasteiger partial charge is 0.493 e. The first-order chi connectivity index (χ1) is 14.1.